The van der Waals surface area contributed by atoms with Crippen molar-refractivity contribution < 1.29 is 4.74 Å². The zero-order valence-electron chi connectivity index (χ0n) is 12.1. The van der Waals surface area contributed by atoms with E-state index in [1.54, 1.807) is 11.0 Å². The van der Waals surface area contributed by atoms with Gasteiger partial charge in [0.25, 0.3) is 0 Å². The van der Waals surface area contributed by atoms with Gasteiger partial charge in [0, 0.05) is 31.8 Å². The average molecular weight is 275 g/mol. The summed E-state index contributed by atoms with van der Waals surface area (Å²) >= 11 is 0. The summed E-state index contributed by atoms with van der Waals surface area (Å²) in [6.07, 6.45) is 2.57. The van der Waals surface area contributed by atoms with Gasteiger partial charge in [-0.3, -0.25) is 4.68 Å². The molecule has 0 aliphatic rings. The lowest BCUT2D eigenvalue weighted by Crippen LogP contribution is -2.09. The zero-order valence-corrected chi connectivity index (χ0v) is 12.1. The van der Waals surface area contributed by atoms with Crippen molar-refractivity contribution in [3.05, 3.63) is 30.4 Å². The molecule has 0 amide bonds. The van der Waals surface area contributed by atoms with Crippen molar-refractivity contribution in [3.8, 4) is 5.75 Å². The minimum Gasteiger partial charge on any atom is -0.489 e. The molecule has 1 heterocycles. The fourth-order valence-electron chi connectivity index (χ4n) is 1.82. The van der Waals surface area contributed by atoms with E-state index in [1.165, 1.54) is 0 Å². The van der Waals surface area contributed by atoms with E-state index < -0.39 is 0 Å². The van der Waals surface area contributed by atoms with Crippen LogP contribution in [0.2, 0.25) is 0 Å². The molecule has 0 fully saturated rings. The number of nitrogens with two attached hydrogens (primary N) is 1. The third-order valence-corrected chi connectivity index (χ3v) is 2.70. The third kappa shape index (κ3) is 3.88. The molecule has 1 aromatic carbocycles. The molecule has 0 saturated carbocycles. The molecule has 2 aromatic rings. The van der Waals surface area contributed by atoms with Crippen molar-refractivity contribution in [1.82, 2.24) is 14.8 Å². The first-order valence-corrected chi connectivity index (χ1v) is 6.69. The van der Waals surface area contributed by atoms with Crippen LogP contribution in [0.4, 0.5) is 11.4 Å². The van der Waals surface area contributed by atoms with Crippen LogP contribution in [0.25, 0.3) is 0 Å². The Morgan fingerprint density at radius 2 is 2.20 bits per heavy atom. The van der Waals surface area contributed by atoms with Crippen LogP contribution in [0.5, 0.6) is 5.75 Å². The topological polar surface area (TPSA) is 78.0 Å². The molecule has 0 saturated heterocycles. The van der Waals surface area contributed by atoms with E-state index in [-0.39, 0.29) is 6.10 Å². The number of rotatable bonds is 6. The Bertz CT molecular complexity index is 564. The Balaban J connectivity index is 1.92. The van der Waals surface area contributed by atoms with Crippen molar-refractivity contribution in [3.63, 3.8) is 0 Å². The molecule has 0 aliphatic heterocycles. The van der Waals surface area contributed by atoms with Gasteiger partial charge in [0.15, 0.2) is 5.82 Å². The Morgan fingerprint density at radius 1 is 1.40 bits per heavy atom. The van der Waals surface area contributed by atoms with E-state index in [0.29, 0.717) is 11.4 Å². The highest BCUT2D eigenvalue weighted by Gasteiger charge is 2.05. The molecular weight excluding hydrogens is 254 g/mol. The highest BCUT2D eigenvalue weighted by Crippen LogP contribution is 2.26. The second-order valence-corrected chi connectivity index (χ2v) is 4.93. The smallest absolute Gasteiger partial charge is 0.152 e. The van der Waals surface area contributed by atoms with E-state index >= 15 is 0 Å². The lowest BCUT2D eigenvalue weighted by Gasteiger charge is -2.14. The minimum atomic E-state index is 0.102. The first kappa shape index (κ1) is 14.2. The monoisotopic (exact) mass is 275 g/mol. The summed E-state index contributed by atoms with van der Waals surface area (Å²) in [6.45, 7) is 4.72. The van der Waals surface area contributed by atoms with Crippen LogP contribution in [-0.4, -0.2) is 27.4 Å². The van der Waals surface area contributed by atoms with E-state index in [4.69, 9.17) is 10.5 Å². The van der Waals surface area contributed by atoms with E-state index in [2.05, 4.69) is 15.4 Å². The Kier molecular flexibility index (Phi) is 4.45. The maximum atomic E-state index is 5.88. The average Bonchev–Trinajstić information content (AvgIpc) is 2.78. The number of benzene rings is 1. The zero-order chi connectivity index (χ0) is 14.5. The molecule has 0 aliphatic carbocycles. The number of anilines is 2. The highest BCUT2D eigenvalue weighted by molar-refractivity contribution is 5.61. The molecule has 0 unspecified atom stereocenters. The van der Waals surface area contributed by atoms with Crippen LogP contribution in [-0.2, 0) is 13.5 Å². The first-order valence-electron chi connectivity index (χ1n) is 6.69. The van der Waals surface area contributed by atoms with Gasteiger partial charge >= 0.3 is 0 Å². The maximum absolute atomic E-state index is 5.88. The Morgan fingerprint density at radius 3 is 2.85 bits per heavy atom. The van der Waals surface area contributed by atoms with Crippen LogP contribution in [0.3, 0.4) is 0 Å². The van der Waals surface area contributed by atoms with Gasteiger partial charge < -0.3 is 15.8 Å². The molecule has 0 spiro atoms. The number of hydrogen-bond donors (Lipinski definition) is 2. The number of nitrogens with one attached hydrogen (secondary N) is 1. The van der Waals surface area contributed by atoms with Gasteiger partial charge in [0.2, 0.25) is 0 Å². The summed E-state index contributed by atoms with van der Waals surface area (Å²) < 4.78 is 7.36. The van der Waals surface area contributed by atoms with Crippen LogP contribution in [0, 0.1) is 0 Å². The molecule has 20 heavy (non-hydrogen) atoms. The molecule has 2 rings (SSSR count). The van der Waals surface area contributed by atoms with Crippen LogP contribution < -0.4 is 15.8 Å². The minimum absolute atomic E-state index is 0.102. The largest absolute Gasteiger partial charge is 0.489 e. The van der Waals surface area contributed by atoms with Crippen molar-refractivity contribution >= 4 is 11.4 Å². The predicted molar refractivity (Wildman–Crippen MR) is 79.8 cm³/mol. The number of aryl methyl sites for hydroxylation is 1. The first-order chi connectivity index (χ1) is 9.54. The van der Waals surface area contributed by atoms with Gasteiger partial charge in [0.1, 0.15) is 12.1 Å². The lowest BCUT2D eigenvalue weighted by atomic mass is 10.2. The summed E-state index contributed by atoms with van der Waals surface area (Å²) in [5.74, 6) is 1.54. The second kappa shape index (κ2) is 6.27. The summed E-state index contributed by atoms with van der Waals surface area (Å²) in [7, 11) is 1.86. The summed E-state index contributed by atoms with van der Waals surface area (Å²) in [6, 6.07) is 5.70. The van der Waals surface area contributed by atoms with Crippen molar-refractivity contribution in [1.29, 1.82) is 0 Å². The maximum Gasteiger partial charge on any atom is 0.152 e. The molecule has 0 radical (unpaired) electrons. The van der Waals surface area contributed by atoms with Gasteiger partial charge in [-0.2, -0.15) is 5.10 Å². The highest BCUT2D eigenvalue weighted by atomic mass is 16.5. The van der Waals surface area contributed by atoms with Gasteiger partial charge in [-0.05, 0) is 26.0 Å². The van der Waals surface area contributed by atoms with Crippen LogP contribution >= 0.6 is 0 Å². The molecule has 6 nitrogen and oxygen atoms in total. The number of hydrogen-bond acceptors (Lipinski definition) is 5. The SMILES string of the molecule is CC(C)Oc1cc(NCCc2ncn(C)n2)ccc1N. The third-order valence-electron chi connectivity index (χ3n) is 2.70. The predicted octanol–water partition coefficient (Wildman–Crippen LogP) is 1.84. The van der Waals surface area contributed by atoms with Gasteiger partial charge in [0.05, 0.1) is 11.8 Å². The summed E-state index contributed by atoms with van der Waals surface area (Å²) in [5, 5.41) is 7.55. The van der Waals surface area contributed by atoms with Crippen LogP contribution in [0.1, 0.15) is 19.7 Å². The quantitative estimate of drug-likeness (QED) is 0.786. The number of aromatic nitrogens is 3. The normalized spacial score (nSPS) is 10.8. The second-order valence-electron chi connectivity index (χ2n) is 4.93. The number of nitrogen functional groups attached to an aromatic ring is 1. The fraction of sp³-hybridized carbons (Fsp3) is 0.429. The summed E-state index contributed by atoms with van der Waals surface area (Å²) in [4.78, 5) is 4.19. The fourth-order valence-corrected chi connectivity index (χ4v) is 1.82. The molecule has 0 bridgehead atoms. The van der Waals surface area contributed by atoms with Gasteiger partial charge in [-0.1, -0.05) is 0 Å². The van der Waals surface area contributed by atoms with Crippen LogP contribution in [0.15, 0.2) is 24.5 Å². The Hall–Kier alpha value is -2.24. The lowest BCUT2D eigenvalue weighted by molar-refractivity contribution is 0.244. The molecular formula is C14H21N5O. The molecule has 3 N–H and O–H groups in total. The van der Waals surface area contributed by atoms with E-state index in [1.807, 2.05) is 39.1 Å². The van der Waals surface area contributed by atoms with Crippen molar-refractivity contribution in [2.45, 2.75) is 26.4 Å². The molecule has 0 atom stereocenters. The molecule has 108 valence electrons. The van der Waals surface area contributed by atoms with E-state index in [0.717, 1.165) is 24.5 Å². The Labute approximate surface area is 119 Å². The van der Waals surface area contributed by atoms with Gasteiger partial charge in [-0.15, -0.1) is 0 Å². The number of nitrogens with zero attached hydrogens (tertiary/aromatic N) is 3. The molecule has 6 heteroatoms. The van der Waals surface area contributed by atoms with Crippen molar-refractivity contribution in [2.24, 2.45) is 7.05 Å². The van der Waals surface area contributed by atoms with Gasteiger partial charge in [-0.25, -0.2) is 4.98 Å². The standard InChI is InChI=1S/C14H21N5O/c1-10(2)20-13-8-11(4-5-12(13)15)16-7-6-14-17-9-19(3)18-14/h4-5,8-10,16H,6-7,15H2,1-3H3. The van der Waals surface area contributed by atoms with Crippen molar-refractivity contribution in [2.75, 3.05) is 17.6 Å². The molecule has 1 aromatic heterocycles. The summed E-state index contributed by atoms with van der Waals surface area (Å²) in [5.41, 5.74) is 7.51. The number of ether oxygens (including phenoxy) is 1. The van der Waals surface area contributed by atoms with E-state index in [9.17, 15) is 0 Å².